The minimum Gasteiger partial charge on any atom is -0.338 e. The van der Waals surface area contributed by atoms with E-state index in [0.29, 0.717) is 11.4 Å². The highest BCUT2D eigenvalue weighted by Crippen LogP contribution is 2.31. The summed E-state index contributed by atoms with van der Waals surface area (Å²) >= 11 is 6.96. The highest BCUT2D eigenvalue weighted by molar-refractivity contribution is 9.11. The normalized spacial score (nSPS) is 13.4. The lowest BCUT2D eigenvalue weighted by atomic mass is 9.95. The van der Waals surface area contributed by atoms with Gasteiger partial charge in [-0.05, 0) is 71.4 Å². The maximum Gasteiger partial charge on any atom is 0.148 e. The number of benzene rings is 1. The molecule has 1 aromatic heterocycles. The summed E-state index contributed by atoms with van der Waals surface area (Å²) in [4.78, 5) is 4.68. The lowest BCUT2D eigenvalue weighted by Gasteiger charge is -2.17. The number of nitriles is 1. The van der Waals surface area contributed by atoms with Crippen molar-refractivity contribution in [3.05, 3.63) is 50.0 Å². The highest BCUT2D eigenvalue weighted by Gasteiger charge is 2.15. The third-order valence-corrected chi connectivity index (χ3v) is 4.75. The molecule has 1 aliphatic rings. The van der Waals surface area contributed by atoms with E-state index in [0.717, 1.165) is 33.2 Å². The Kier molecular flexibility index (Phi) is 4.27. The van der Waals surface area contributed by atoms with Crippen LogP contribution in [0.1, 0.15) is 29.7 Å². The molecule has 1 N–H and O–H groups in total. The Morgan fingerprint density at radius 1 is 1.14 bits per heavy atom. The molecule has 1 aliphatic carbocycles. The van der Waals surface area contributed by atoms with Crippen LogP contribution in [0.4, 0.5) is 11.5 Å². The maximum atomic E-state index is 9.36. The van der Waals surface area contributed by atoms with Gasteiger partial charge in [-0.2, -0.15) is 5.26 Å². The van der Waals surface area contributed by atoms with Gasteiger partial charge in [-0.25, -0.2) is 4.98 Å². The molecule has 5 heteroatoms. The van der Waals surface area contributed by atoms with Crippen LogP contribution >= 0.6 is 31.9 Å². The van der Waals surface area contributed by atoms with E-state index in [-0.39, 0.29) is 0 Å². The van der Waals surface area contributed by atoms with E-state index in [1.807, 2.05) is 24.3 Å². The second-order valence-electron chi connectivity index (χ2n) is 5.06. The number of fused-ring (bicyclic) bond motifs is 1. The summed E-state index contributed by atoms with van der Waals surface area (Å²) in [5, 5.41) is 12.6. The number of aryl methyl sites for hydroxylation is 2. The molecule has 0 atom stereocenters. The van der Waals surface area contributed by atoms with Crippen LogP contribution in [-0.4, -0.2) is 4.98 Å². The largest absolute Gasteiger partial charge is 0.338 e. The zero-order valence-corrected chi connectivity index (χ0v) is 14.5. The Hall–Kier alpha value is -1.38. The number of nitrogens with one attached hydrogen (secondary N) is 1. The number of nitrogens with zero attached hydrogens (tertiary/aromatic N) is 2. The molecule has 0 saturated heterocycles. The van der Waals surface area contributed by atoms with Gasteiger partial charge in [-0.3, -0.25) is 0 Å². The van der Waals surface area contributed by atoms with Gasteiger partial charge in [0.25, 0.3) is 0 Å². The van der Waals surface area contributed by atoms with Crippen molar-refractivity contribution in [2.24, 2.45) is 0 Å². The van der Waals surface area contributed by atoms with Gasteiger partial charge in [0, 0.05) is 14.6 Å². The lowest BCUT2D eigenvalue weighted by Crippen LogP contribution is -2.09. The van der Waals surface area contributed by atoms with E-state index < -0.39 is 0 Å². The first-order valence-electron chi connectivity index (χ1n) is 6.82. The molecule has 106 valence electrons. The van der Waals surface area contributed by atoms with Crippen molar-refractivity contribution >= 4 is 43.4 Å². The van der Waals surface area contributed by atoms with Gasteiger partial charge in [0.1, 0.15) is 11.9 Å². The third kappa shape index (κ3) is 3.12. The number of aromatic nitrogens is 1. The van der Waals surface area contributed by atoms with E-state index in [2.05, 4.69) is 48.2 Å². The molecule has 2 aromatic rings. The molecule has 1 aromatic carbocycles. The number of anilines is 2. The average Bonchev–Trinajstić information content (AvgIpc) is 2.49. The van der Waals surface area contributed by atoms with E-state index >= 15 is 0 Å². The van der Waals surface area contributed by atoms with Crippen molar-refractivity contribution in [2.75, 3.05) is 5.32 Å². The van der Waals surface area contributed by atoms with Crippen LogP contribution in [0.15, 0.2) is 33.2 Å². The lowest BCUT2D eigenvalue weighted by molar-refractivity contribution is 0.668. The van der Waals surface area contributed by atoms with Gasteiger partial charge >= 0.3 is 0 Å². The first-order valence-corrected chi connectivity index (χ1v) is 8.41. The maximum absolute atomic E-state index is 9.36. The SMILES string of the molecule is N#Cc1cc2c(nc1Nc1ccc(Br)cc1Br)CCCC2. The van der Waals surface area contributed by atoms with Crippen molar-refractivity contribution in [1.29, 1.82) is 5.26 Å². The van der Waals surface area contributed by atoms with E-state index in [1.165, 1.54) is 18.4 Å². The molecule has 21 heavy (non-hydrogen) atoms. The summed E-state index contributed by atoms with van der Waals surface area (Å²) in [7, 11) is 0. The van der Waals surface area contributed by atoms with Crippen LogP contribution in [0.25, 0.3) is 0 Å². The number of hydrogen-bond acceptors (Lipinski definition) is 3. The molecule has 3 nitrogen and oxygen atoms in total. The van der Waals surface area contributed by atoms with Crippen molar-refractivity contribution in [3.8, 4) is 6.07 Å². The van der Waals surface area contributed by atoms with Crippen LogP contribution in [0.3, 0.4) is 0 Å². The highest BCUT2D eigenvalue weighted by atomic mass is 79.9. The first-order chi connectivity index (χ1) is 10.2. The van der Waals surface area contributed by atoms with Crippen molar-refractivity contribution in [3.63, 3.8) is 0 Å². The molecule has 0 amide bonds. The van der Waals surface area contributed by atoms with Crippen LogP contribution in [-0.2, 0) is 12.8 Å². The number of hydrogen-bond donors (Lipinski definition) is 1. The van der Waals surface area contributed by atoms with Gasteiger partial charge in [0.2, 0.25) is 0 Å². The Morgan fingerprint density at radius 2 is 1.95 bits per heavy atom. The Balaban J connectivity index is 1.99. The van der Waals surface area contributed by atoms with Crippen molar-refractivity contribution in [1.82, 2.24) is 4.98 Å². The molecule has 0 aliphatic heterocycles. The first kappa shape index (κ1) is 14.6. The monoisotopic (exact) mass is 405 g/mol. The van der Waals surface area contributed by atoms with Crippen LogP contribution in [0.2, 0.25) is 0 Å². The zero-order valence-electron chi connectivity index (χ0n) is 11.3. The molecule has 0 saturated carbocycles. The Bertz CT molecular complexity index is 735. The van der Waals surface area contributed by atoms with E-state index in [4.69, 9.17) is 0 Å². The predicted octanol–water partition coefficient (Wildman–Crippen LogP) is 5.10. The van der Waals surface area contributed by atoms with Crippen LogP contribution in [0.5, 0.6) is 0 Å². The zero-order chi connectivity index (χ0) is 14.8. The summed E-state index contributed by atoms with van der Waals surface area (Å²) in [6, 6.07) is 10.1. The molecule has 0 bridgehead atoms. The van der Waals surface area contributed by atoms with Crippen molar-refractivity contribution in [2.45, 2.75) is 25.7 Å². The molecule has 3 rings (SSSR count). The van der Waals surface area contributed by atoms with Crippen LogP contribution in [0, 0.1) is 11.3 Å². The summed E-state index contributed by atoms with van der Waals surface area (Å²) < 4.78 is 1.93. The van der Waals surface area contributed by atoms with E-state index in [9.17, 15) is 5.26 Å². The molecular formula is C16H13Br2N3. The number of rotatable bonds is 2. The molecule has 1 heterocycles. The van der Waals surface area contributed by atoms with Gasteiger partial charge in [0.05, 0.1) is 11.3 Å². The fourth-order valence-electron chi connectivity index (χ4n) is 2.53. The molecular weight excluding hydrogens is 394 g/mol. The van der Waals surface area contributed by atoms with Gasteiger partial charge in [0.15, 0.2) is 0 Å². The minimum atomic E-state index is 0.602. The molecule has 0 unspecified atom stereocenters. The van der Waals surface area contributed by atoms with Gasteiger partial charge < -0.3 is 5.32 Å². The average molecular weight is 407 g/mol. The Labute approximate surface area is 140 Å². The summed E-state index contributed by atoms with van der Waals surface area (Å²) in [5.41, 5.74) is 3.85. The molecule has 0 fully saturated rings. The fraction of sp³-hybridized carbons (Fsp3) is 0.250. The summed E-state index contributed by atoms with van der Waals surface area (Å²) in [6.45, 7) is 0. The molecule has 0 radical (unpaired) electrons. The predicted molar refractivity (Wildman–Crippen MR) is 90.7 cm³/mol. The fourth-order valence-corrected chi connectivity index (χ4v) is 3.68. The summed E-state index contributed by atoms with van der Waals surface area (Å²) in [5.74, 6) is 0.640. The second-order valence-corrected chi connectivity index (χ2v) is 6.83. The third-order valence-electron chi connectivity index (χ3n) is 3.61. The number of pyridine rings is 1. The number of halogens is 2. The topological polar surface area (TPSA) is 48.7 Å². The smallest absolute Gasteiger partial charge is 0.148 e. The van der Waals surface area contributed by atoms with Gasteiger partial charge in [-0.15, -0.1) is 0 Å². The van der Waals surface area contributed by atoms with Crippen LogP contribution < -0.4 is 5.32 Å². The van der Waals surface area contributed by atoms with E-state index in [1.54, 1.807) is 0 Å². The quantitative estimate of drug-likeness (QED) is 0.754. The second kappa shape index (κ2) is 6.17. The standard InChI is InChI=1S/C16H13Br2N3/c17-12-5-6-15(13(18)8-12)21-16-11(9-19)7-10-3-1-2-4-14(10)20-16/h5-8H,1-4H2,(H,20,21). The minimum absolute atomic E-state index is 0.602. The Morgan fingerprint density at radius 3 is 2.71 bits per heavy atom. The molecule has 0 spiro atoms. The summed E-state index contributed by atoms with van der Waals surface area (Å²) in [6.07, 6.45) is 4.38. The van der Waals surface area contributed by atoms with Gasteiger partial charge in [-0.1, -0.05) is 15.9 Å². The van der Waals surface area contributed by atoms with Crippen molar-refractivity contribution < 1.29 is 0 Å².